The van der Waals surface area contributed by atoms with E-state index in [2.05, 4.69) is 17.0 Å². The van der Waals surface area contributed by atoms with Gasteiger partial charge in [0.1, 0.15) is 11.5 Å². The Kier molecular flexibility index (Phi) is 6.28. The maximum atomic E-state index is 12.9. The van der Waals surface area contributed by atoms with Crippen LogP contribution in [0.3, 0.4) is 0 Å². The lowest BCUT2D eigenvalue weighted by Gasteiger charge is -2.47. The first kappa shape index (κ1) is 20.7. The fourth-order valence-corrected chi connectivity index (χ4v) is 5.03. The van der Waals surface area contributed by atoms with Crippen molar-refractivity contribution in [3.05, 3.63) is 59.7 Å². The van der Waals surface area contributed by atoms with Gasteiger partial charge in [0.15, 0.2) is 0 Å². The fourth-order valence-electron chi connectivity index (χ4n) is 5.03. The average molecular weight is 409 g/mol. The van der Waals surface area contributed by atoms with Gasteiger partial charge in [-0.3, -0.25) is 9.69 Å². The van der Waals surface area contributed by atoms with E-state index >= 15 is 0 Å². The van der Waals surface area contributed by atoms with Crippen molar-refractivity contribution in [2.45, 2.75) is 32.2 Å². The smallest absolute Gasteiger partial charge is 0.253 e. The number of carbonyl (C=O) groups is 1. The van der Waals surface area contributed by atoms with Crippen molar-refractivity contribution in [1.82, 2.24) is 9.80 Å². The van der Waals surface area contributed by atoms with Crippen molar-refractivity contribution >= 4 is 5.91 Å². The molecule has 0 radical (unpaired) electrons. The molecule has 1 spiro atoms. The van der Waals surface area contributed by atoms with Gasteiger partial charge in [0.05, 0.1) is 14.2 Å². The first-order chi connectivity index (χ1) is 14.6. The summed E-state index contributed by atoms with van der Waals surface area (Å²) in [6.45, 7) is 4.85. The maximum Gasteiger partial charge on any atom is 0.253 e. The van der Waals surface area contributed by atoms with Crippen molar-refractivity contribution in [3.8, 4) is 11.5 Å². The van der Waals surface area contributed by atoms with Crippen LogP contribution >= 0.6 is 0 Å². The summed E-state index contributed by atoms with van der Waals surface area (Å²) in [5.41, 5.74) is 2.33. The Morgan fingerprint density at radius 3 is 2.37 bits per heavy atom. The number of hydrogen-bond acceptors (Lipinski definition) is 4. The van der Waals surface area contributed by atoms with Gasteiger partial charge < -0.3 is 14.4 Å². The SMILES string of the molecule is COc1ccc(C(=O)N2CCC3(CCCN(Cc4ccccc4OC)C3)CC2)cc1. The Bertz CT molecular complexity index is 857. The Hall–Kier alpha value is -2.53. The molecule has 0 bridgehead atoms. The third-order valence-corrected chi connectivity index (χ3v) is 6.78. The van der Waals surface area contributed by atoms with Crippen LogP contribution in [0.25, 0.3) is 0 Å². The molecule has 2 aliphatic rings. The van der Waals surface area contributed by atoms with Crippen molar-refractivity contribution in [2.75, 3.05) is 40.4 Å². The van der Waals surface area contributed by atoms with Crippen LogP contribution in [0, 0.1) is 5.41 Å². The predicted molar refractivity (Wildman–Crippen MR) is 118 cm³/mol. The van der Waals surface area contributed by atoms with Crippen LogP contribution in [0.5, 0.6) is 11.5 Å². The minimum atomic E-state index is 0.134. The highest BCUT2D eigenvalue weighted by molar-refractivity contribution is 5.94. The standard InChI is InChI=1S/C25H32N2O3/c1-29-22-10-8-20(9-11-22)24(28)27-16-13-25(14-17-27)12-5-15-26(19-25)18-21-6-3-4-7-23(21)30-2/h3-4,6-11H,5,12-19H2,1-2H3. The number of methoxy groups -OCH3 is 2. The normalized spacial score (nSPS) is 18.9. The molecule has 0 N–H and O–H groups in total. The van der Waals surface area contributed by atoms with E-state index in [1.165, 1.54) is 18.4 Å². The monoisotopic (exact) mass is 408 g/mol. The lowest BCUT2D eigenvalue weighted by molar-refractivity contribution is 0.0196. The summed E-state index contributed by atoms with van der Waals surface area (Å²) in [6, 6.07) is 15.7. The summed E-state index contributed by atoms with van der Waals surface area (Å²) in [5, 5.41) is 0. The summed E-state index contributed by atoms with van der Waals surface area (Å²) in [6.07, 6.45) is 4.65. The second-order valence-electron chi connectivity index (χ2n) is 8.65. The Morgan fingerprint density at radius 2 is 1.67 bits per heavy atom. The number of likely N-dealkylation sites (tertiary alicyclic amines) is 2. The van der Waals surface area contributed by atoms with E-state index in [9.17, 15) is 4.79 Å². The van der Waals surface area contributed by atoms with E-state index < -0.39 is 0 Å². The molecule has 2 saturated heterocycles. The number of hydrogen-bond donors (Lipinski definition) is 0. The minimum absolute atomic E-state index is 0.134. The van der Waals surface area contributed by atoms with Crippen molar-refractivity contribution in [2.24, 2.45) is 5.41 Å². The Morgan fingerprint density at radius 1 is 0.933 bits per heavy atom. The maximum absolute atomic E-state index is 12.9. The Balaban J connectivity index is 1.36. The lowest BCUT2D eigenvalue weighted by Crippen LogP contribution is -2.50. The van der Waals surface area contributed by atoms with Crippen LogP contribution in [0.2, 0.25) is 0 Å². The summed E-state index contributed by atoms with van der Waals surface area (Å²) >= 11 is 0. The number of amides is 1. The molecule has 0 aliphatic carbocycles. The van der Waals surface area contributed by atoms with Gasteiger partial charge in [0.25, 0.3) is 5.91 Å². The summed E-state index contributed by atoms with van der Waals surface area (Å²) in [5.74, 6) is 1.88. The molecule has 4 rings (SSSR count). The number of nitrogens with zero attached hydrogens (tertiary/aromatic N) is 2. The molecule has 5 nitrogen and oxygen atoms in total. The van der Waals surface area contributed by atoms with Crippen molar-refractivity contribution < 1.29 is 14.3 Å². The molecular formula is C25H32N2O3. The molecule has 0 unspecified atom stereocenters. The third kappa shape index (κ3) is 4.46. The zero-order valence-electron chi connectivity index (χ0n) is 18.1. The van der Waals surface area contributed by atoms with E-state index in [1.54, 1.807) is 14.2 Å². The molecule has 2 aromatic carbocycles. The van der Waals surface area contributed by atoms with E-state index in [0.717, 1.165) is 62.6 Å². The number of para-hydroxylation sites is 1. The molecule has 2 fully saturated rings. The number of benzene rings is 2. The van der Waals surface area contributed by atoms with E-state index in [4.69, 9.17) is 9.47 Å². The van der Waals surface area contributed by atoms with Gasteiger partial charge in [-0.25, -0.2) is 0 Å². The van der Waals surface area contributed by atoms with Crippen LogP contribution in [0.1, 0.15) is 41.6 Å². The molecule has 2 aromatic rings. The van der Waals surface area contributed by atoms with Gasteiger partial charge in [0.2, 0.25) is 0 Å². The third-order valence-electron chi connectivity index (χ3n) is 6.78. The van der Waals surface area contributed by atoms with Crippen molar-refractivity contribution in [1.29, 1.82) is 0 Å². The quantitative estimate of drug-likeness (QED) is 0.743. The molecule has 2 aliphatic heterocycles. The number of rotatable bonds is 5. The summed E-state index contributed by atoms with van der Waals surface area (Å²) in [7, 11) is 3.38. The van der Waals surface area contributed by atoms with Crippen LogP contribution in [0.4, 0.5) is 0 Å². The van der Waals surface area contributed by atoms with Gasteiger partial charge in [-0.15, -0.1) is 0 Å². The molecule has 5 heteroatoms. The van der Waals surface area contributed by atoms with Gasteiger partial charge in [0, 0.05) is 37.3 Å². The second kappa shape index (κ2) is 9.09. The average Bonchev–Trinajstić information content (AvgIpc) is 2.80. The van der Waals surface area contributed by atoms with Gasteiger partial charge in [-0.2, -0.15) is 0 Å². The second-order valence-corrected chi connectivity index (χ2v) is 8.65. The summed E-state index contributed by atoms with van der Waals surface area (Å²) < 4.78 is 10.7. The Labute approximate surface area is 179 Å². The highest BCUT2D eigenvalue weighted by atomic mass is 16.5. The molecule has 0 saturated carbocycles. The van der Waals surface area contributed by atoms with Gasteiger partial charge in [-0.05, 0) is 68.0 Å². The number of ether oxygens (including phenoxy) is 2. The topological polar surface area (TPSA) is 42.0 Å². The first-order valence-corrected chi connectivity index (χ1v) is 10.9. The molecule has 160 valence electrons. The highest BCUT2D eigenvalue weighted by Gasteiger charge is 2.39. The van der Waals surface area contributed by atoms with Crippen LogP contribution in [-0.2, 0) is 6.54 Å². The molecular weight excluding hydrogens is 376 g/mol. The van der Waals surface area contributed by atoms with Crippen LogP contribution < -0.4 is 9.47 Å². The predicted octanol–water partition coefficient (Wildman–Crippen LogP) is 4.22. The largest absolute Gasteiger partial charge is 0.497 e. The lowest BCUT2D eigenvalue weighted by atomic mass is 9.72. The zero-order valence-corrected chi connectivity index (χ0v) is 18.1. The van der Waals surface area contributed by atoms with Crippen LogP contribution in [-0.4, -0.2) is 56.1 Å². The van der Waals surface area contributed by atoms with Gasteiger partial charge >= 0.3 is 0 Å². The fraction of sp³-hybridized carbons (Fsp3) is 0.480. The van der Waals surface area contributed by atoms with E-state index in [0.29, 0.717) is 5.41 Å². The van der Waals surface area contributed by atoms with E-state index in [1.807, 2.05) is 41.3 Å². The van der Waals surface area contributed by atoms with Crippen LogP contribution in [0.15, 0.2) is 48.5 Å². The first-order valence-electron chi connectivity index (χ1n) is 10.9. The number of piperidine rings is 2. The zero-order chi connectivity index (χ0) is 21.0. The molecule has 2 heterocycles. The number of carbonyl (C=O) groups excluding carboxylic acids is 1. The molecule has 1 amide bonds. The molecule has 30 heavy (non-hydrogen) atoms. The minimum Gasteiger partial charge on any atom is -0.497 e. The molecule has 0 atom stereocenters. The van der Waals surface area contributed by atoms with Gasteiger partial charge in [-0.1, -0.05) is 18.2 Å². The molecule has 0 aromatic heterocycles. The van der Waals surface area contributed by atoms with Crippen molar-refractivity contribution in [3.63, 3.8) is 0 Å². The summed E-state index contributed by atoms with van der Waals surface area (Å²) in [4.78, 5) is 17.5. The van der Waals surface area contributed by atoms with E-state index in [-0.39, 0.29) is 5.91 Å². The highest BCUT2D eigenvalue weighted by Crippen LogP contribution is 2.40.